The molecule has 1 atom stereocenters. The van der Waals surface area contributed by atoms with Gasteiger partial charge in [-0.05, 0) is 24.1 Å². The summed E-state index contributed by atoms with van der Waals surface area (Å²) in [7, 11) is 0. The number of nitrogens with one attached hydrogen (secondary N) is 1. The Hall–Kier alpha value is -1.43. The average Bonchev–Trinajstić information content (AvgIpc) is 2.25. The van der Waals surface area contributed by atoms with E-state index in [4.69, 9.17) is 16.7 Å². The molecule has 0 aliphatic carbocycles. The number of aliphatic carboxylic acids is 1. The molecule has 0 aliphatic rings. The minimum absolute atomic E-state index is 0.0226. The molecule has 1 aromatic carbocycles. The van der Waals surface area contributed by atoms with E-state index in [9.17, 15) is 18.0 Å². The van der Waals surface area contributed by atoms with Gasteiger partial charge in [0.25, 0.3) is 0 Å². The summed E-state index contributed by atoms with van der Waals surface area (Å²) in [6, 6.07) is 3.00. The fourth-order valence-electron chi connectivity index (χ4n) is 1.49. The molecule has 0 aliphatic heterocycles. The first-order chi connectivity index (χ1) is 8.70. The molecule has 0 amide bonds. The molecular weight excluding hydrogens is 283 g/mol. The van der Waals surface area contributed by atoms with Gasteiger partial charge in [0.2, 0.25) is 0 Å². The number of alkyl halides is 3. The van der Waals surface area contributed by atoms with Crippen molar-refractivity contribution in [2.75, 3.05) is 11.9 Å². The van der Waals surface area contributed by atoms with E-state index in [-0.39, 0.29) is 17.4 Å². The lowest BCUT2D eigenvalue weighted by atomic mass is 10.1. The molecule has 1 aromatic rings. The number of hydrogen-bond acceptors (Lipinski definition) is 2. The van der Waals surface area contributed by atoms with Crippen LogP contribution >= 0.6 is 11.6 Å². The standard InChI is InChI=1S/C12H13ClF3NO2/c1-7(4-11(18)19)6-17-10-3-2-8(5-9(10)13)12(14,15)16/h2-3,5,7,17H,4,6H2,1H3,(H,18,19)/t7-/m1/s1. The zero-order valence-corrected chi connectivity index (χ0v) is 10.8. The van der Waals surface area contributed by atoms with Crippen molar-refractivity contribution in [2.45, 2.75) is 19.5 Å². The van der Waals surface area contributed by atoms with Crippen molar-refractivity contribution in [3.63, 3.8) is 0 Å². The second-order valence-electron chi connectivity index (χ2n) is 4.28. The molecule has 1 rings (SSSR count). The molecule has 106 valence electrons. The van der Waals surface area contributed by atoms with E-state index < -0.39 is 17.7 Å². The van der Waals surface area contributed by atoms with Crippen LogP contribution in [0.2, 0.25) is 5.02 Å². The largest absolute Gasteiger partial charge is 0.481 e. The maximum Gasteiger partial charge on any atom is 0.416 e. The number of carboxylic acid groups (broad SMARTS) is 1. The molecule has 0 aromatic heterocycles. The van der Waals surface area contributed by atoms with E-state index in [1.54, 1.807) is 6.92 Å². The summed E-state index contributed by atoms with van der Waals surface area (Å²) >= 11 is 5.75. The van der Waals surface area contributed by atoms with E-state index in [0.29, 0.717) is 12.2 Å². The van der Waals surface area contributed by atoms with Crippen LogP contribution in [0.3, 0.4) is 0 Å². The smallest absolute Gasteiger partial charge is 0.416 e. The first-order valence-electron chi connectivity index (χ1n) is 5.52. The van der Waals surface area contributed by atoms with Gasteiger partial charge in [-0.2, -0.15) is 13.2 Å². The lowest BCUT2D eigenvalue weighted by Gasteiger charge is -2.14. The Morgan fingerprint density at radius 3 is 2.58 bits per heavy atom. The quantitative estimate of drug-likeness (QED) is 0.866. The first-order valence-corrected chi connectivity index (χ1v) is 5.90. The van der Waals surface area contributed by atoms with Crippen LogP contribution in [0.25, 0.3) is 0 Å². The number of anilines is 1. The summed E-state index contributed by atoms with van der Waals surface area (Å²) in [6.45, 7) is 2.04. The van der Waals surface area contributed by atoms with E-state index in [1.165, 1.54) is 6.07 Å². The third-order valence-electron chi connectivity index (χ3n) is 2.46. The van der Waals surface area contributed by atoms with Gasteiger partial charge in [-0.25, -0.2) is 0 Å². The SMILES string of the molecule is C[C@@H](CNc1ccc(C(F)(F)F)cc1Cl)CC(=O)O. The number of carbonyl (C=O) groups is 1. The van der Waals surface area contributed by atoms with Crippen molar-refractivity contribution in [3.8, 4) is 0 Å². The first kappa shape index (κ1) is 15.6. The normalized spacial score (nSPS) is 13.1. The van der Waals surface area contributed by atoms with Crippen LogP contribution in [0, 0.1) is 5.92 Å². The van der Waals surface area contributed by atoms with Crippen LogP contribution in [-0.2, 0) is 11.0 Å². The van der Waals surface area contributed by atoms with E-state index in [2.05, 4.69) is 5.32 Å². The molecule has 0 saturated heterocycles. The molecule has 0 heterocycles. The molecule has 0 radical (unpaired) electrons. The van der Waals surface area contributed by atoms with Crippen molar-refractivity contribution >= 4 is 23.3 Å². The van der Waals surface area contributed by atoms with Crippen LogP contribution < -0.4 is 5.32 Å². The van der Waals surface area contributed by atoms with Gasteiger partial charge < -0.3 is 10.4 Å². The summed E-state index contributed by atoms with van der Waals surface area (Å²) in [5.74, 6) is -1.08. The Bertz CT molecular complexity index is 463. The van der Waals surface area contributed by atoms with Crippen molar-refractivity contribution in [3.05, 3.63) is 28.8 Å². The second kappa shape index (κ2) is 6.14. The third-order valence-corrected chi connectivity index (χ3v) is 2.77. The van der Waals surface area contributed by atoms with Crippen LogP contribution in [0.4, 0.5) is 18.9 Å². The average molecular weight is 296 g/mol. The fraction of sp³-hybridized carbons (Fsp3) is 0.417. The van der Waals surface area contributed by atoms with Crippen LogP contribution in [0.5, 0.6) is 0 Å². The molecule has 0 unspecified atom stereocenters. The van der Waals surface area contributed by atoms with Gasteiger partial charge in [-0.3, -0.25) is 4.79 Å². The summed E-state index contributed by atoms with van der Waals surface area (Å²) < 4.78 is 37.2. The Kier molecular flexibility index (Phi) is 5.05. The topological polar surface area (TPSA) is 49.3 Å². The van der Waals surface area contributed by atoms with Crippen molar-refractivity contribution < 1.29 is 23.1 Å². The van der Waals surface area contributed by atoms with E-state index in [0.717, 1.165) is 12.1 Å². The highest BCUT2D eigenvalue weighted by molar-refractivity contribution is 6.33. The minimum Gasteiger partial charge on any atom is -0.481 e. The summed E-state index contributed by atoms with van der Waals surface area (Å²) in [4.78, 5) is 10.5. The van der Waals surface area contributed by atoms with Gasteiger partial charge in [-0.15, -0.1) is 0 Å². The number of hydrogen-bond donors (Lipinski definition) is 2. The van der Waals surface area contributed by atoms with Gasteiger partial charge in [0.05, 0.1) is 16.3 Å². The molecule has 2 N–H and O–H groups in total. The highest BCUT2D eigenvalue weighted by atomic mass is 35.5. The number of halogens is 4. The predicted molar refractivity (Wildman–Crippen MR) is 66.4 cm³/mol. The van der Waals surface area contributed by atoms with Gasteiger partial charge >= 0.3 is 12.1 Å². The molecule has 7 heteroatoms. The van der Waals surface area contributed by atoms with Crippen LogP contribution in [0.15, 0.2) is 18.2 Å². The Morgan fingerprint density at radius 2 is 2.11 bits per heavy atom. The number of benzene rings is 1. The molecule has 0 bridgehead atoms. The van der Waals surface area contributed by atoms with Gasteiger partial charge in [0.15, 0.2) is 0 Å². The fourth-order valence-corrected chi connectivity index (χ4v) is 1.74. The highest BCUT2D eigenvalue weighted by Crippen LogP contribution is 2.33. The molecular formula is C12H13ClF3NO2. The van der Waals surface area contributed by atoms with Crippen molar-refractivity contribution in [2.24, 2.45) is 5.92 Å². The summed E-state index contributed by atoms with van der Waals surface area (Å²) in [5, 5.41) is 11.4. The maximum absolute atomic E-state index is 12.4. The lowest BCUT2D eigenvalue weighted by Crippen LogP contribution is -2.15. The van der Waals surface area contributed by atoms with Crippen molar-refractivity contribution in [1.29, 1.82) is 0 Å². The van der Waals surface area contributed by atoms with Gasteiger partial charge in [0, 0.05) is 13.0 Å². The Balaban J connectivity index is 2.68. The monoisotopic (exact) mass is 295 g/mol. The molecule has 0 saturated carbocycles. The number of rotatable bonds is 5. The zero-order valence-electron chi connectivity index (χ0n) is 10.1. The summed E-state index contributed by atoms with van der Waals surface area (Å²) in [5.41, 5.74) is -0.464. The highest BCUT2D eigenvalue weighted by Gasteiger charge is 2.30. The molecule has 0 spiro atoms. The van der Waals surface area contributed by atoms with Gasteiger partial charge in [0.1, 0.15) is 0 Å². The predicted octanol–water partition coefficient (Wildman–Crippen LogP) is 3.88. The third kappa shape index (κ3) is 4.98. The second-order valence-corrected chi connectivity index (χ2v) is 4.68. The lowest BCUT2D eigenvalue weighted by molar-refractivity contribution is -0.138. The van der Waals surface area contributed by atoms with Crippen LogP contribution in [-0.4, -0.2) is 17.6 Å². The number of carboxylic acids is 1. The van der Waals surface area contributed by atoms with E-state index >= 15 is 0 Å². The van der Waals surface area contributed by atoms with Crippen molar-refractivity contribution in [1.82, 2.24) is 0 Å². The van der Waals surface area contributed by atoms with Crippen LogP contribution in [0.1, 0.15) is 18.9 Å². The zero-order chi connectivity index (χ0) is 14.6. The molecule has 0 fully saturated rings. The Morgan fingerprint density at radius 1 is 1.47 bits per heavy atom. The van der Waals surface area contributed by atoms with Gasteiger partial charge in [-0.1, -0.05) is 18.5 Å². The Labute approximate surface area is 113 Å². The molecule has 19 heavy (non-hydrogen) atoms. The van der Waals surface area contributed by atoms with E-state index in [1.807, 2.05) is 0 Å². The maximum atomic E-state index is 12.4. The minimum atomic E-state index is -4.43. The molecule has 3 nitrogen and oxygen atoms in total. The summed E-state index contributed by atoms with van der Waals surface area (Å²) in [6.07, 6.45) is -4.45.